The Hall–Kier alpha value is -2.07. The maximum Gasteiger partial charge on any atom is 0.188 e. The van der Waals surface area contributed by atoms with Gasteiger partial charge in [0.25, 0.3) is 0 Å². The molecule has 21 heavy (non-hydrogen) atoms. The van der Waals surface area contributed by atoms with Crippen LogP contribution in [0.15, 0.2) is 42.5 Å². The van der Waals surface area contributed by atoms with Crippen LogP contribution in [0, 0.1) is 6.92 Å². The number of ether oxygens (including phenoxy) is 1. The number of aryl methyl sites for hydroxylation is 1. The van der Waals surface area contributed by atoms with E-state index in [9.17, 15) is 0 Å². The maximum absolute atomic E-state index is 5.58. The summed E-state index contributed by atoms with van der Waals surface area (Å²) in [4.78, 5) is 4.60. The molecule has 0 atom stereocenters. The van der Waals surface area contributed by atoms with Crippen molar-refractivity contribution in [1.29, 1.82) is 0 Å². The van der Waals surface area contributed by atoms with Gasteiger partial charge in [-0.3, -0.25) is 0 Å². The Kier molecular flexibility index (Phi) is 4.06. The molecule has 0 saturated heterocycles. The highest BCUT2D eigenvalue weighted by Crippen LogP contribution is 2.29. The van der Waals surface area contributed by atoms with E-state index < -0.39 is 0 Å². The van der Waals surface area contributed by atoms with Crippen molar-refractivity contribution in [2.45, 2.75) is 20.3 Å². The number of nitrogens with zero attached hydrogens (tertiary/aromatic N) is 1. The fourth-order valence-electron chi connectivity index (χ4n) is 2.06. The molecule has 1 N–H and O–H groups in total. The number of benzene rings is 2. The zero-order valence-electron chi connectivity index (χ0n) is 12.2. The Labute approximate surface area is 128 Å². The molecule has 0 bridgehead atoms. The molecule has 108 valence electrons. The molecular weight excluding hydrogens is 280 g/mol. The van der Waals surface area contributed by atoms with E-state index in [2.05, 4.69) is 42.3 Å². The average Bonchev–Trinajstić information content (AvgIpc) is 2.88. The van der Waals surface area contributed by atoms with Crippen molar-refractivity contribution in [1.82, 2.24) is 4.98 Å². The molecular formula is C17H18N2OS. The lowest BCUT2D eigenvalue weighted by molar-refractivity contribution is 0.317. The molecule has 0 radical (unpaired) electrons. The highest BCUT2D eigenvalue weighted by atomic mass is 32.1. The van der Waals surface area contributed by atoms with E-state index in [1.54, 1.807) is 11.3 Å². The zero-order valence-corrected chi connectivity index (χ0v) is 13.0. The van der Waals surface area contributed by atoms with Crippen LogP contribution < -0.4 is 10.1 Å². The Morgan fingerprint density at radius 1 is 1.14 bits per heavy atom. The van der Waals surface area contributed by atoms with Gasteiger partial charge in [-0.15, -0.1) is 0 Å². The predicted octanol–water partition coefficient (Wildman–Crippen LogP) is 5.14. The van der Waals surface area contributed by atoms with Gasteiger partial charge in [0.1, 0.15) is 5.75 Å². The van der Waals surface area contributed by atoms with Crippen LogP contribution in [0.3, 0.4) is 0 Å². The summed E-state index contributed by atoms with van der Waals surface area (Å²) in [6, 6.07) is 14.3. The van der Waals surface area contributed by atoms with E-state index in [1.807, 2.05) is 24.3 Å². The van der Waals surface area contributed by atoms with E-state index in [0.29, 0.717) is 0 Å². The van der Waals surface area contributed by atoms with Gasteiger partial charge in [-0.2, -0.15) is 0 Å². The minimum Gasteiger partial charge on any atom is -0.494 e. The molecule has 3 nitrogen and oxygen atoms in total. The number of thiazole rings is 1. The van der Waals surface area contributed by atoms with Crippen LogP contribution in [0.4, 0.5) is 10.8 Å². The second kappa shape index (κ2) is 6.14. The first-order valence-electron chi connectivity index (χ1n) is 7.11. The van der Waals surface area contributed by atoms with Crippen molar-refractivity contribution in [2.75, 3.05) is 11.9 Å². The summed E-state index contributed by atoms with van der Waals surface area (Å²) < 4.78 is 6.79. The Balaban J connectivity index is 1.75. The van der Waals surface area contributed by atoms with Gasteiger partial charge in [-0.25, -0.2) is 4.98 Å². The van der Waals surface area contributed by atoms with Crippen molar-refractivity contribution in [3.63, 3.8) is 0 Å². The van der Waals surface area contributed by atoms with Crippen LogP contribution in [0.25, 0.3) is 10.2 Å². The van der Waals surface area contributed by atoms with Crippen molar-refractivity contribution in [3.05, 3.63) is 48.0 Å². The topological polar surface area (TPSA) is 34.1 Å². The van der Waals surface area contributed by atoms with E-state index in [1.165, 1.54) is 10.3 Å². The summed E-state index contributed by atoms with van der Waals surface area (Å²) in [5.41, 5.74) is 3.32. The minimum atomic E-state index is 0.754. The summed E-state index contributed by atoms with van der Waals surface area (Å²) >= 11 is 1.67. The molecule has 0 unspecified atom stereocenters. The number of anilines is 2. The van der Waals surface area contributed by atoms with Crippen molar-refractivity contribution < 1.29 is 4.74 Å². The van der Waals surface area contributed by atoms with Gasteiger partial charge in [-0.05, 0) is 55.3 Å². The SMILES string of the molecule is CCCOc1ccc(Nc2nc3ccc(C)cc3s2)cc1. The van der Waals surface area contributed by atoms with Gasteiger partial charge in [0.15, 0.2) is 5.13 Å². The lowest BCUT2D eigenvalue weighted by atomic mass is 10.2. The normalized spacial score (nSPS) is 10.8. The summed E-state index contributed by atoms with van der Waals surface area (Å²) in [7, 11) is 0. The molecule has 0 aliphatic heterocycles. The molecule has 0 amide bonds. The third kappa shape index (κ3) is 3.34. The minimum absolute atomic E-state index is 0.754. The van der Waals surface area contributed by atoms with Crippen LogP contribution in [-0.2, 0) is 0 Å². The number of rotatable bonds is 5. The van der Waals surface area contributed by atoms with Gasteiger partial charge < -0.3 is 10.1 Å². The van der Waals surface area contributed by atoms with Gasteiger partial charge in [-0.1, -0.05) is 24.3 Å². The lowest BCUT2D eigenvalue weighted by Gasteiger charge is -2.06. The maximum atomic E-state index is 5.58. The van der Waals surface area contributed by atoms with Crippen LogP contribution >= 0.6 is 11.3 Å². The van der Waals surface area contributed by atoms with Crippen LogP contribution in [0.1, 0.15) is 18.9 Å². The molecule has 3 rings (SSSR count). The summed E-state index contributed by atoms with van der Waals surface area (Å²) in [5.74, 6) is 0.905. The molecule has 0 aliphatic carbocycles. The van der Waals surface area contributed by atoms with Crippen molar-refractivity contribution in [2.24, 2.45) is 0 Å². The molecule has 0 saturated carbocycles. The third-order valence-corrected chi connectivity index (χ3v) is 4.06. The first-order chi connectivity index (χ1) is 10.2. The molecule has 3 aromatic rings. The molecule has 0 fully saturated rings. The van der Waals surface area contributed by atoms with Crippen LogP contribution in [0.5, 0.6) is 5.75 Å². The second-order valence-corrected chi connectivity index (χ2v) is 6.02. The quantitative estimate of drug-likeness (QED) is 0.708. The van der Waals surface area contributed by atoms with Gasteiger partial charge >= 0.3 is 0 Å². The Morgan fingerprint density at radius 2 is 1.95 bits per heavy atom. The highest BCUT2D eigenvalue weighted by molar-refractivity contribution is 7.22. The molecule has 1 aromatic heterocycles. The van der Waals surface area contributed by atoms with E-state index in [0.717, 1.165) is 35.1 Å². The zero-order chi connectivity index (χ0) is 14.7. The molecule has 0 spiro atoms. The summed E-state index contributed by atoms with van der Waals surface area (Å²) in [5, 5.41) is 4.26. The highest BCUT2D eigenvalue weighted by Gasteiger charge is 2.04. The Morgan fingerprint density at radius 3 is 2.71 bits per heavy atom. The molecule has 2 aromatic carbocycles. The average molecular weight is 298 g/mol. The van der Waals surface area contributed by atoms with E-state index in [-0.39, 0.29) is 0 Å². The van der Waals surface area contributed by atoms with Gasteiger partial charge in [0, 0.05) is 5.69 Å². The van der Waals surface area contributed by atoms with Crippen molar-refractivity contribution >= 4 is 32.4 Å². The monoisotopic (exact) mass is 298 g/mol. The smallest absolute Gasteiger partial charge is 0.188 e. The largest absolute Gasteiger partial charge is 0.494 e. The first-order valence-corrected chi connectivity index (χ1v) is 7.93. The van der Waals surface area contributed by atoms with Crippen molar-refractivity contribution in [3.8, 4) is 5.75 Å². The standard InChI is InChI=1S/C17H18N2OS/c1-3-10-20-14-7-5-13(6-8-14)18-17-19-15-9-4-12(2)11-16(15)21-17/h4-9,11H,3,10H2,1-2H3,(H,18,19). The predicted molar refractivity (Wildman–Crippen MR) is 89.9 cm³/mol. The molecule has 4 heteroatoms. The van der Waals surface area contributed by atoms with Crippen LogP contribution in [-0.4, -0.2) is 11.6 Å². The van der Waals surface area contributed by atoms with Crippen LogP contribution in [0.2, 0.25) is 0 Å². The number of aromatic nitrogens is 1. The van der Waals surface area contributed by atoms with Gasteiger partial charge in [0.05, 0.1) is 16.8 Å². The third-order valence-electron chi connectivity index (χ3n) is 3.12. The van der Waals surface area contributed by atoms with E-state index >= 15 is 0 Å². The number of nitrogens with one attached hydrogen (secondary N) is 1. The summed E-state index contributed by atoms with van der Waals surface area (Å²) in [6.07, 6.45) is 1.02. The molecule has 0 aliphatic rings. The first kappa shape index (κ1) is 13.9. The second-order valence-electron chi connectivity index (χ2n) is 4.99. The van der Waals surface area contributed by atoms with E-state index in [4.69, 9.17) is 4.74 Å². The molecule has 1 heterocycles. The number of hydrogen-bond acceptors (Lipinski definition) is 4. The lowest BCUT2D eigenvalue weighted by Crippen LogP contribution is -1.95. The fraction of sp³-hybridized carbons (Fsp3) is 0.235. The fourth-order valence-corrected chi connectivity index (χ4v) is 3.05. The number of fused-ring (bicyclic) bond motifs is 1. The summed E-state index contributed by atoms with van der Waals surface area (Å²) in [6.45, 7) is 4.95. The number of hydrogen-bond donors (Lipinski definition) is 1. The Bertz CT molecular complexity index is 734. The van der Waals surface area contributed by atoms with Gasteiger partial charge in [0.2, 0.25) is 0 Å².